The largest absolute Gasteiger partial charge is 0.356 e. The minimum absolute atomic E-state index is 0.351. The molecule has 0 unspecified atom stereocenters. The van der Waals surface area contributed by atoms with Gasteiger partial charge in [0.05, 0.1) is 0 Å². The number of nitrogens with zero attached hydrogens (tertiary/aromatic N) is 6. The SMILES string of the molecule is Cc1cc(N2CCC(N(C)c3cccnn3)CC2)nc(C(C)C)n1. The van der Waals surface area contributed by atoms with Crippen LogP contribution in [0, 0.1) is 6.92 Å². The Morgan fingerprint density at radius 1 is 1.21 bits per heavy atom. The fourth-order valence-corrected chi connectivity index (χ4v) is 3.15. The molecule has 128 valence electrons. The Morgan fingerprint density at radius 3 is 2.58 bits per heavy atom. The fourth-order valence-electron chi connectivity index (χ4n) is 3.15. The van der Waals surface area contributed by atoms with E-state index in [0.717, 1.165) is 49.1 Å². The summed E-state index contributed by atoms with van der Waals surface area (Å²) in [6.07, 6.45) is 3.89. The lowest BCUT2D eigenvalue weighted by atomic mass is 10.0. The third-order valence-corrected chi connectivity index (χ3v) is 4.63. The van der Waals surface area contributed by atoms with Crippen molar-refractivity contribution in [3.8, 4) is 0 Å². The zero-order chi connectivity index (χ0) is 17.1. The molecule has 3 rings (SSSR count). The molecule has 0 aromatic carbocycles. The summed E-state index contributed by atoms with van der Waals surface area (Å²) < 4.78 is 0. The first-order valence-electron chi connectivity index (χ1n) is 8.65. The molecule has 0 aliphatic carbocycles. The molecule has 0 N–H and O–H groups in total. The minimum Gasteiger partial charge on any atom is -0.356 e. The van der Waals surface area contributed by atoms with Gasteiger partial charge in [0.25, 0.3) is 0 Å². The van der Waals surface area contributed by atoms with E-state index in [0.29, 0.717) is 12.0 Å². The summed E-state index contributed by atoms with van der Waals surface area (Å²) in [6.45, 7) is 8.33. The Balaban J connectivity index is 1.67. The van der Waals surface area contributed by atoms with Crippen molar-refractivity contribution in [1.29, 1.82) is 0 Å². The Hall–Kier alpha value is -2.24. The highest BCUT2D eigenvalue weighted by Crippen LogP contribution is 2.24. The van der Waals surface area contributed by atoms with Gasteiger partial charge in [0.2, 0.25) is 0 Å². The molecule has 0 amide bonds. The average molecular weight is 326 g/mol. The van der Waals surface area contributed by atoms with Gasteiger partial charge in [-0.25, -0.2) is 9.97 Å². The Kier molecular flexibility index (Phi) is 4.92. The van der Waals surface area contributed by atoms with Crippen molar-refractivity contribution < 1.29 is 0 Å². The van der Waals surface area contributed by atoms with Gasteiger partial charge in [-0.05, 0) is 31.9 Å². The highest BCUT2D eigenvalue weighted by molar-refractivity contribution is 5.42. The molecule has 2 aromatic rings. The van der Waals surface area contributed by atoms with Crippen LogP contribution in [0.5, 0.6) is 0 Å². The van der Waals surface area contributed by atoms with Crippen molar-refractivity contribution in [2.45, 2.75) is 45.6 Å². The minimum atomic E-state index is 0.351. The highest BCUT2D eigenvalue weighted by Gasteiger charge is 2.24. The van der Waals surface area contributed by atoms with Crippen molar-refractivity contribution in [2.75, 3.05) is 29.9 Å². The number of aromatic nitrogens is 4. The van der Waals surface area contributed by atoms with Crippen LogP contribution < -0.4 is 9.80 Å². The van der Waals surface area contributed by atoms with E-state index >= 15 is 0 Å². The average Bonchev–Trinajstić information content (AvgIpc) is 2.61. The van der Waals surface area contributed by atoms with Gasteiger partial charge >= 0.3 is 0 Å². The van der Waals surface area contributed by atoms with Crippen molar-refractivity contribution in [1.82, 2.24) is 20.2 Å². The first kappa shape index (κ1) is 16.6. The van der Waals surface area contributed by atoms with Gasteiger partial charge < -0.3 is 9.80 Å². The van der Waals surface area contributed by atoms with Gasteiger partial charge in [-0.15, -0.1) is 5.10 Å². The van der Waals surface area contributed by atoms with Crippen molar-refractivity contribution >= 4 is 11.6 Å². The van der Waals surface area contributed by atoms with Gasteiger partial charge in [-0.1, -0.05) is 13.8 Å². The molecule has 0 radical (unpaired) electrons. The number of hydrogen-bond donors (Lipinski definition) is 0. The van der Waals surface area contributed by atoms with E-state index in [2.05, 4.69) is 51.9 Å². The lowest BCUT2D eigenvalue weighted by Crippen LogP contribution is -2.44. The van der Waals surface area contributed by atoms with Gasteiger partial charge in [0, 0.05) is 50.1 Å². The molecule has 6 heteroatoms. The van der Waals surface area contributed by atoms with Crippen LogP contribution in [0.25, 0.3) is 0 Å². The molecule has 0 atom stereocenters. The van der Waals surface area contributed by atoms with Crippen LogP contribution >= 0.6 is 0 Å². The Morgan fingerprint density at radius 2 is 1.96 bits per heavy atom. The van der Waals surface area contributed by atoms with E-state index in [9.17, 15) is 0 Å². The molecule has 3 heterocycles. The maximum atomic E-state index is 4.76. The van der Waals surface area contributed by atoms with Crippen molar-refractivity contribution in [3.05, 3.63) is 35.9 Å². The molecule has 0 spiro atoms. The normalized spacial score (nSPS) is 15.8. The summed E-state index contributed by atoms with van der Waals surface area (Å²) in [6, 6.07) is 6.54. The quantitative estimate of drug-likeness (QED) is 0.861. The zero-order valence-electron chi connectivity index (χ0n) is 15.0. The molecule has 0 bridgehead atoms. The number of rotatable bonds is 4. The molecule has 6 nitrogen and oxygen atoms in total. The predicted molar refractivity (Wildman–Crippen MR) is 96.5 cm³/mol. The van der Waals surface area contributed by atoms with Crippen LogP contribution in [0.4, 0.5) is 11.6 Å². The standard InChI is InChI=1S/C18H26N6/c1-13(2)18-20-14(3)12-17(21-18)24-10-7-15(8-11-24)23(4)16-6-5-9-19-22-16/h5-6,9,12-13,15H,7-8,10-11H2,1-4H3. The molecule has 2 aromatic heterocycles. The van der Waals surface area contributed by atoms with Crippen molar-refractivity contribution in [2.24, 2.45) is 0 Å². The fraction of sp³-hybridized carbons (Fsp3) is 0.556. The lowest BCUT2D eigenvalue weighted by Gasteiger charge is -2.37. The summed E-state index contributed by atoms with van der Waals surface area (Å²) in [5, 5.41) is 8.20. The molecule has 1 aliphatic heterocycles. The first-order valence-corrected chi connectivity index (χ1v) is 8.65. The van der Waals surface area contributed by atoms with Gasteiger partial charge in [0.1, 0.15) is 11.6 Å². The Bertz CT molecular complexity index is 664. The molecule has 1 aliphatic rings. The van der Waals surface area contributed by atoms with E-state index in [1.807, 2.05) is 19.1 Å². The summed E-state index contributed by atoms with van der Waals surface area (Å²) in [7, 11) is 2.11. The van der Waals surface area contributed by atoms with E-state index in [4.69, 9.17) is 4.98 Å². The summed E-state index contributed by atoms with van der Waals surface area (Å²) in [4.78, 5) is 13.9. The third kappa shape index (κ3) is 3.63. The van der Waals surface area contributed by atoms with Gasteiger partial charge in [-0.3, -0.25) is 0 Å². The van der Waals surface area contributed by atoms with Crippen LogP contribution in [0.15, 0.2) is 24.4 Å². The van der Waals surface area contributed by atoms with E-state index in [-0.39, 0.29) is 0 Å². The topological polar surface area (TPSA) is 58.0 Å². The monoisotopic (exact) mass is 326 g/mol. The molecule has 0 saturated carbocycles. The molecule has 1 saturated heterocycles. The first-order chi connectivity index (χ1) is 11.5. The van der Waals surface area contributed by atoms with Crippen molar-refractivity contribution in [3.63, 3.8) is 0 Å². The van der Waals surface area contributed by atoms with Crippen LogP contribution in [-0.4, -0.2) is 46.3 Å². The number of anilines is 2. The van der Waals surface area contributed by atoms with Crippen LogP contribution in [0.2, 0.25) is 0 Å². The van der Waals surface area contributed by atoms with Crippen LogP contribution in [-0.2, 0) is 0 Å². The summed E-state index contributed by atoms with van der Waals surface area (Å²) >= 11 is 0. The third-order valence-electron chi connectivity index (χ3n) is 4.63. The summed E-state index contributed by atoms with van der Waals surface area (Å²) in [5.74, 6) is 3.29. The predicted octanol–water partition coefficient (Wildman–Crippen LogP) is 2.80. The van der Waals surface area contributed by atoms with Gasteiger partial charge in [-0.2, -0.15) is 5.10 Å². The second-order valence-electron chi connectivity index (χ2n) is 6.79. The maximum absolute atomic E-state index is 4.76. The van der Waals surface area contributed by atoms with E-state index in [1.54, 1.807) is 6.20 Å². The smallest absolute Gasteiger partial charge is 0.151 e. The maximum Gasteiger partial charge on any atom is 0.151 e. The molecular weight excluding hydrogens is 300 g/mol. The lowest BCUT2D eigenvalue weighted by molar-refractivity contribution is 0.476. The molecule has 24 heavy (non-hydrogen) atoms. The second kappa shape index (κ2) is 7.11. The highest BCUT2D eigenvalue weighted by atomic mass is 15.3. The van der Waals surface area contributed by atoms with Crippen LogP contribution in [0.3, 0.4) is 0 Å². The number of hydrogen-bond acceptors (Lipinski definition) is 6. The number of piperidine rings is 1. The molecular formula is C18H26N6. The molecule has 1 fully saturated rings. The second-order valence-corrected chi connectivity index (χ2v) is 6.79. The Labute approximate surface area is 143 Å². The zero-order valence-corrected chi connectivity index (χ0v) is 15.0. The van der Waals surface area contributed by atoms with E-state index in [1.165, 1.54) is 0 Å². The number of aryl methyl sites for hydroxylation is 1. The van der Waals surface area contributed by atoms with Gasteiger partial charge in [0.15, 0.2) is 5.82 Å². The van der Waals surface area contributed by atoms with Crippen LogP contribution in [0.1, 0.15) is 44.1 Å². The van der Waals surface area contributed by atoms with E-state index < -0.39 is 0 Å². The summed E-state index contributed by atoms with van der Waals surface area (Å²) in [5.41, 5.74) is 1.04.